The number of hydrogen-bond acceptors (Lipinski definition) is 2. The number of anilines is 1. The van der Waals surface area contributed by atoms with Crippen LogP contribution in [-0.4, -0.2) is 8.42 Å². The fraction of sp³-hybridized carbons (Fsp3) is 0.200. The minimum absolute atomic E-state index is 0.250. The largest absolute Gasteiger partial charge is 0.279 e. The van der Waals surface area contributed by atoms with E-state index in [1.807, 2.05) is 13.8 Å². The van der Waals surface area contributed by atoms with Crippen molar-refractivity contribution in [1.82, 2.24) is 0 Å². The standard InChI is InChI=1S/C15H16ClNO2S/c1-10-7-8-13(9-11(10)2)20(18,19)17-15-6-4-5-14(16)12(15)3/h4-9,17H,1-3H3. The summed E-state index contributed by atoms with van der Waals surface area (Å²) in [6, 6.07) is 10.2. The number of aryl methyl sites for hydroxylation is 2. The van der Waals surface area contributed by atoms with Crippen LogP contribution in [0, 0.1) is 20.8 Å². The molecule has 0 spiro atoms. The first-order chi connectivity index (χ1) is 9.31. The Morgan fingerprint density at radius 1 is 1.00 bits per heavy atom. The first-order valence-corrected chi connectivity index (χ1v) is 8.02. The van der Waals surface area contributed by atoms with Gasteiger partial charge in [-0.3, -0.25) is 4.72 Å². The molecule has 0 bridgehead atoms. The predicted octanol–water partition coefficient (Wildman–Crippen LogP) is 4.07. The summed E-state index contributed by atoms with van der Waals surface area (Å²) in [4.78, 5) is 0.250. The quantitative estimate of drug-likeness (QED) is 0.929. The van der Waals surface area contributed by atoms with E-state index in [-0.39, 0.29) is 4.90 Å². The number of rotatable bonds is 3. The summed E-state index contributed by atoms with van der Waals surface area (Å²) in [5, 5.41) is 0.533. The Kier molecular flexibility index (Phi) is 4.06. The molecule has 2 aromatic rings. The van der Waals surface area contributed by atoms with Gasteiger partial charge in [-0.05, 0) is 61.7 Å². The second-order valence-corrected chi connectivity index (χ2v) is 6.85. The highest BCUT2D eigenvalue weighted by molar-refractivity contribution is 7.92. The van der Waals surface area contributed by atoms with Crippen molar-refractivity contribution >= 4 is 27.3 Å². The topological polar surface area (TPSA) is 46.2 Å². The molecule has 2 aromatic carbocycles. The van der Waals surface area contributed by atoms with Crippen LogP contribution < -0.4 is 4.72 Å². The predicted molar refractivity (Wildman–Crippen MR) is 82.9 cm³/mol. The van der Waals surface area contributed by atoms with Gasteiger partial charge >= 0.3 is 0 Å². The number of hydrogen-bond donors (Lipinski definition) is 1. The van der Waals surface area contributed by atoms with Gasteiger partial charge in [-0.1, -0.05) is 23.7 Å². The highest BCUT2D eigenvalue weighted by Gasteiger charge is 2.16. The van der Waals surface area contributed by atoms with Crippen LogP contribution in [0.4, 0.5) is 5.69 Å². The van der Waals surface area contributed by atoms with Gasteiger partial charge in [0.25, 0.3) is 10.0 Å². The first kappa shape index (κ1) is 14.9. The summed E-state index contributed by atoms with van der Waals surface area (Å²) < 4.78 is 27.3. The van der Waals surface area contributed by atoms with E-state index >= 15 is 0 Å². The summed E-state index contributed by atoms with van der Waals surface area (Å²) in [7, 11) is -3.60. The van der Waals surface area contributed by atoms with Gasteiger partial charge in [0.05, 0.1) is 10.6 Å². The molecule has 5 heteroatoms. The highest BCUT2D eigenvalue weighted by Crippen LogP contribution is 2.25. The third-order valence-electron chi connectivity index (χ3n) is 3.30. The number of nitrogens with one attached hydrogen (secondary N) is 1. The van der Waals surface area contributed by atoms with E-state index in [0.29, 0.717) is 16.3 Å². The molecule has 0 aliphatic heterocycles. The second-order valence-electron chi connectivity index (χ2n) is 4.76. The van der Waals surface area contributed by atoms with Gasteiger partial charge in [-0.25, -0.2) is 8.42 Å². The Morgan fingerprint density at radius 3 is 2.35 bits per heavy atom. The van der Waals surface area contributed by atoms with Gasteiger partial charge in [0.15, 0.2) is 0 Å². The Hall–Kier alpha value is -1.52. The van der Waals surface area contributed by atoms with E-state index in [9.17, 15) is 8.42 Å². The zero-order chi connectivity index (χ0) is 14.9. The molecule has 106 valence electrons. The molecule has 3 nitrogen and oxygen atoms in total. The van der Waals surface area contributed by atoms with Gasteiger partial charge in [0, 0.05) is 5.02 Å². The van der Waals surface area contributed by atoms with E-state index in [2.05, 4.69) is 4.72 Å². The lowest BCUT2D eigenvalue weighted by atomic mass is 10.1. The molecule has 2 rings (SSSR count). The fourth-order valence-corrected chi connectivity index (χ4v) is 3.18. The summed E-state index contributed by atoms with van der Waals surface area (Å²) in [5.74, 6) is 0. The van der Waals surface area contributed by atoms with Crippen molar-refractivity contribution in [1.29, 1.82) is 0 Å². The average molecular weight is 310 g/mol. The minimum Gasteiger partial charge on any atom is -0.279 e. The Bertz CT molecular complexity index is 754. The molecule has 0 aromatic heterocycles. The van der Waals surface area contributed by atoms with Crippen LogP contribution in [0.3, 0.4) is 0 Å². The summed E-state index contributed by atoms with van der Waals surface area (Å²) in [6.07, 6.45) is 0. The normalized spacial score (nSPS) is 11.4. The molecule has 0 saturated heterocycles. The maximum absolute atomic E-state index is 12.4. The smallest absolute Gasteiger partial charge is 0.261 e. The monoisotopic (exact) mass is 309 g/mol. The van der Waals surface area contributed by atoms with Crippen molar-refractivity contribution in [3.8, 4) is 0 Å². The van der Waals surface area contributed by atoms with E-state index in [0.717, 1.165) is 11.1 Å². The van der Waals surface area contributed by atoms with Crippen LogP contribution in [0.5, 0.6) is 0 Å². The summed E-state index contributed by atoms with van der Waals surface area (Å²) >= 11 is 6.00. The maximum atomic E-state index is 12.4. The molecule has 20 heavy (non-hydrogen) atoms. The van der Waals surface area contributed by atoms with Gasteiger partial charge in [0.1, 0.15) is 0 Å². The molecule has 0 amide bonds. The van der Waals surface area contributed by atoms with Gasteiger partial charge in [0.2, 0.25) is 0 Å². The van der Waals surface area contributed by atoms with Crippen LogP contribution in [0.1, 0.15) is 16.7 Å². The van der Waals surface area contributed by atoms with Gasteiger partial charge in [-0.15, -0.1) is 0 Å². The first-order valence-electron chi connectivity index (χ1n) is 6.16. The molecule has 0 aliphatic carbocycles. The molecule has 0 saturated carbocycles. The molecule has 0 unspecified atom stereocenters. The van der Waals surface area contributed by atoms with Crippen LogP contribution >= 0.6 is 11.6 Å². The van der Waals surface area contributed by atoms with Crippen molar-refractivity contribution in [3.63, 3.8) is 0 Å². The van der Waals surface area contributed by atoms with Crippen molar-refractivity contribution in [2.24, 2.45) is 0 Å². The number of sulfonamides is 1. The lowest BCUT2D eigenvalue weighted by Crippen LogP contribution is -2.14. The third-order valence-corrected chi connectivity index (χ3v) is 5.07. The molecule has 1 N–H and O–H groups in total. The second kappa shape index (κ2) is 5.46. The Labute approximate surface area is 124 Å². The molecule has 0 fully saturated rings. The van der Waals surface area contributed by atoms with Crippen LogP contribution in [0.25, 0.3) is 0 Å². The zero-order valence-electron chi connectivity index (χ0n) is 11.6. The Morgan fingerprint density at radius 2 is 1.70 bits per heavy atom. The summed E-state index contributed by atoms with van der Waals surface area (Å²) in [5.41, 5.74) is 3.20. The maximum Gasteiger partial charge on any atom is 0.261 e. The van der Waals surface area contributed by atoms with Crippen molar-refractivity contribution in [2.75, 3.05) is 4.72 Å². The molecule has 0 atom stereocenters. The van der Waals surface area contributed by atoms with Crippen LogP contribution in [0.2, 0.25) is 5.02 Å². The fourth-order valence-electron chi connectivity index (χ4n) is 1.80. The Balaban J connectivity index is 2.41. The molecular formula is C15H16ClNO2S. The van der Waals surface area contributed by atoms with E-state index in [1.165, 1.54) is 0 Å². The van der Waals surface area contributed by atoms with E-state index < -0.39 is 10.0 Å². The van der Waals surface area contributed by atoms with Gasteiger partial charge in [-0.2, -0.15) is 0 Å². The third kappa shape index (κ3) is 2.97. The van der Waals surface area contributed by atoms with Gasteiger partial charge < -0.3 is 0 Å². The summed E-state index contributed by atoms with van der Waals surface area (Å²) in [6.45, 7) is 5.61. The molecular weight excluding hydrogens is 294 g/mol. The molecule has 0 aliphatic rings. The number of benzene rings is 2. The molecule has 0 heterocycles. The van der Waals surface area contributed by atoms with Crippen LogP contribution in [0.15, 0.2) is 41.3 Å². The average Bonchev–Trinajstić information content (AvgIpc) is 2.38. The zero-order valence-corrected chi connectivity index (χ0v) is 13.1. The van der Waals surface area contributed by atoms with Crippen molar-refractivity contribution in [2.45, 2.75) is 25.7 Å². The van der Waals surface area contributed by atoms with Crippen LogP contribution in [-0.2, 0) is 10.0 Å². The lowest BCUT2D eigenvalue weighted by molar-refractivity contribution is 0.601. The molecule has 0 radical (unpaired) electrons. The van der Waals surface area contributed by atoms with Crippen molar-refractivity contribution in [3.05, 3.63) is 58.1 Å². The van der Waals surface area contributed by atoms with Crippen molar-refractivity contribution < 1.29 is 8.42 Å². The highest BCUT2D eigenvalue weighted by atomic mass is 35.5. The number of halogens is 1. The van der Waals surface area contributed by atoms with E-state index in [1.54, 1.807) is 43.3 Å². The van der Waals surface area contributed by atoms with E-state index in [4.69, 9.17) is 11.6 Å². The minimum atomic E-state index is -3.60. The SMILES string of the molecule is Cc1ccc(S(=O)(=O)Nc2cccc(Cl)c2C)cc1C. The lowest BCUT2D eigenvalue weighted by Gasteiger charge is -2.12.